The van der Waals surface area contributed by atoms with Crippen molar-refractivity contribution in [2.24, 2.45) is 5.92 Å². The predicted octanol–water partition coefficient (Wildman–Crippen LogP) is 3.48. The number of nitrogens with one attached hydrogen (secondary N) is 1. The van der Waals surface area contributed by atoms with Gasteiger partial charge >= 0.3 is 0 Å². The third kappa shape index (κ3) is 6.58. The van der Waals surface area contributed by atoms with Crippen molar-refractivity contribution in [3.8, 4) is 5.75 Å². The van der Waals surface area contributed by atoms with Crippen LogP contribution in [0.15, 0.2) is 28.6 Å². The zero-order valence-electron chi connectivity index (χ0n) is 17.1. The van der Waals surface area contributed by atoms with Gasteiger partial charge in [-0.25, -0.2) is 8.42 Å². The second kappa shape index (κ2) is 10.3. The lowest BCUT2D eigenvalue weighted by atomic mass is 10.2. The molecule has 1 unspecified atom stereocenters. The van der Waals surface area contributed by atoms with Crippen molar-refractivity contribution >= 4 is 49.8 Å². The van der Waals surface area contributed by atoms with E-state index < -0.39 is 22.0 Å². The van der Waals surface area contributed by atoms with E-state index in [1.807, 2.05) is 0 Å². The molecule has 1 atom stereocenters. The number of carbonyl (C=O) groups excluding carboxylic acids is 1. The summed E-state index contributed by atoms with van der Waals surface area (Å²) in [6.07, 6.45) is 1.36. The SMILES string of the molecule is CCC(C(=O)Nc1nnc(SCC(C)C)s1)N(c1cccc(OC)c1)S(C)(=O)=O. The summed E-state index contributed by atoms with van der Waals surface area (Å²) >= 11 is 2.85. The van der Waals surface area contributed by atoms with E-state index in [9.17, 15) is 13.2 Å². The Morgan fingerprint density at radius 2 is 2.07 bits per heavy atom. The summed E-state index contributed by atoms with van der Waals surface area (Å²) in [5.41, 5.74) is 0.360. The van der Waals surface area contributed by atoms with E-state index in [0.717, 1.165) is 20.7 Å². The number of ether oxygens (including phenoxy) is 1. The van der Waals surface area contributed by atoms with Crippen LogP contribution in [0.2, 0.25) is 0 Å². The molecule has 1 aromatic heterocycles. The maximum atomic E-state index is 12.9. The summed E-state index contributed by atoms with van der Waals surface area (Å²) < 4.78 is 32.1. The van der Waals surface area contributed by atoms with E-state index >= 15 is 0 Å². The number of nitrogens with zero attached hydrogens (tertiary/aromatic N) is 3. The zero-order valence-corrected chi connectivity index (χ0v) is 19.5. The molecule has 160 valence electrons. The predicted molar refractivity (Wildman–Crippen MR) is 118 cm³/mol. The van der Waals surface area contributed by atoms with Gasteiger partial charge in [0.15, 0.2) is 4.34 Å². The monoisotopic (exact) mass is 458 g/mol. The van der Waals surface area contributed by atoms with Crippen molar-refractivity contribution in [2.45, 2.75) is 37.6 Å². The molecule has 8 nitrogen and oxygen atoms in total. The van der Waals surface area contributed by atoms with E-state index in [4.69, 9.17) is 4.74 Å². The normalized spacial score (nSPS) is 12.6. The van der Waals surface area contributed by atoms with Crippen LogP contribution in [0.5, 0.6) is 5.75 Å². The molecule has 1 heterocycles. The van der Waals surface area contributed by atoms with Crippen molar-refractivity contribution in [1.29, 1.82) is 0 Å². The number of anilines is 2. The minimum Gasteiger partial charge on any atom is -0.497 e. The summed E-state index contributed by atoms with van der Waals surface area (Å²) in [7, 11) is -2.23. The van der Waals surface area contributed by atoms with Gasteiger partial charge in [-0.15, -0.1) is 10.2 Å². The van der Waals surface area contributed by atoms with Crippen molar-refractivity contribution in [3.63, 3.8) is 0 Å². The molecular formula is C18H26N4O4S3. The Hall–Kier alpha value is -1.85. The van der Waals surface area contributed by atoms with Gasteiger partial charge < -0.3 is 4.74 Å². The summed E-state index contributed by atoms with van der Waals surface area (Å²) in [4.78, 5) is 12.9. The number of benzene rings is 1. The molecule has 0 aliphatic rings. The first-order valence-electron chi connectivity index (χ1n) is 9.06. The van der Waals surface area contributed by atoms with Crippen molar-refractivity contribution in [3.05, 3.63) is 24.3 Å². The first kappa shape index (κ1) is 23.4. The van der Waals surface area contributed by atoms with Gasteiger partial charge in [-0.3, -0.25) is 14.4 Å². The molecule has 0 saturated heterocycles. The van der Waals surface area contributed by atoms with Gasteiger partial charge in [0.1, 0.15) is 11.8 Å². The molecule has 11 heteroatoms. The highest BCUT2D eigenvalue weighted by molar-refractivity contribution is 8.01. The van der Waals surface area contributed by atoms with Gasteiger partial charge in [0, 0.05) is 11.8 Å². The maximum absolute atomic E-state index is 12.9. The molecule has 0 radical (unpaired) electrons. The average molecular weight is 459 g/mol. The third-order valence-corrected chi connectivity index (χ3v) is 7.39. The fourth-order valence-corrected chi connectivity index (χ4v) is 5.49. The number of carbonyl (C=O) groups is 1. The minimum absolute atomic E-state index is 0.282. The Morgan fingerprint density at radius 1 is 1.34 bits per heavy atom. The van der Waals surface area contributed by atoms with Gasteiger partial charge in [0.25, 0.3) is 0 Å². The van der Waals surface area contributed by atoms with Crippen LogP contribution < -0.4 is 14.4 Å². The van der Waals surface area contributed by atoms with Crippen LogP contribution in [0.3, 0.4) is 0 Å². The van der Waals surface area contributed by atoms with E-state index in [-0.39, 0.29) is 6.42 Å². The van der Waals surface area contributed by atoms with Crippen LogP contribution in [-0.2, 0) is 14.8 Å². The van der Waals surface area contributed by atoms with Gasteiger partial charge in [-0.1, -0.05) is 49.9 Å². The van der Waals surface area contributed by atoms with E-state index in [1.54, 1.807) is 43.0 Å². The molecule has 2 rings (SSSR count). The number of hydrogen-bond donors (Lipinski definition) is 1. The topological polar surface area (TPSA) is 101 Å². The second-order valence-corrected chi connectivity index (χ2v) is 10.9. The van der Waals surface area contributed by atoms with E-state index in [1.165, 1.54) is 18.4 Å². The third-order valence-electron chi connectivity index (χ3n) is 3.81. The van der Waals surface area contributed by atoms with Gasteiger partial charge in [-0.05, 0) is 24.5 Å². The van der Waals surface area contributed by atoms with Crippen molar-refractivity contribution in [1.82, 2.24) is 10.2 Å². The smallest absolute Gasteiger partial charge is 0.250 e. The second-order valence-electron chi connectivity index (χ2n) is 6.75. The molecular weight excluding hydrogens is 432 g/mol. The molecule has 0 fully saturated rings. The maximum Gasteiger partial charge on any atom is 0.250 e. The molecule has 0 aliphatic heterocycles. The number of sulfonamides is 1. The van der Waals surface area contributed by atoms with E-state index in [2.05, 4.69) is 29.4 Å². The highest BCUT2D eigenvalue weighted by Gasteiger charge is 2.32. The highest BCUT2D eigenvalue weighted by Crippen LogP contribution is 2.29. The number of aromatic nitrogens is 2. The lowest BCUT2D eigenvalue weighted by Crippen LogP contribution is -2.47. The van der Waals surface area contributed by atoms with Gasteiger partial charge in [-0.2, -0.15) is 0 Å². The first-order valence-corrected chi connectivity index (χ1v) is 12.7. The van der Waals surface area contributed by atoms with E-state index in [0.29, 0.717) is 22.5 Å². The average Bonchev–Trinajstić information content (AvgIpc) is 3.10. The van der Waals surface area contributed by atoms with Gasteiger partial charge in [0.2, 0.25) is 21.1 Å². The Labute approximate surface area is 180 Å². The summed E-state index contributed by atoms with van der Waals surface area (Å²) in [5.74, 6) is 1.45. The number of methoxy groups -OCH3 is 1. The van der Waals surface area contributed by atoms with Crippen LogP contribution >= 0.6 is 23.1 Å². The Morgan fingerprint density at radius 3 is 2.66 bits per heavy atom. The summed E-state index contributed by atoms with van der Waals surface area (Å²) in [6, 6.07) is 5.67. The minimum atomic E-state index is -3.72. The molecule has 2 aromatic rings. The summed E-state index contributed by atoms with van der Waals surface area (Å²) in [6.45, 7) is 5.98. The molecule has 1 aromatic carbocycles. The van der Waals surface area contributed by atoms with Crippen LogP contribution in [0.1, 0.15) is 27.2 Å². The first-order chi connectivity index (χ1) is 13.7. The lowest BCUT2D eigenvalue weighted by molar-refractivity contribution is -0.117. The van der Waals surface area contributed by atoms with Crippen molar-refractivity contribution in [2.75, 3.05) is 28.7 Å². The lowest BCUT2D eigenvalue weighted by Gasteiger charge is -2.29. The molecule has 0 aliphatic carbocycles. The molecule has 1 amide bonds. The van der Waals surface area contributed by atoms with Crippen LogP contribution in [0.25, 0.3) is 0 Å². The fourth-order valence-electron chi connectivity index (χ4n) is 2.55. The number of hydrogen-bond acceptors (Lipinski definition) is 8. The summed E-state index contributed by atoms with van der Waals surface area (Å²) in [5, 5.41) is 11.1. The molecule has 29 heavy (non-hydrogen) atoms. The highest BCUT2D eigenvalue weighted by atomic mass is 32.2. The quantitative estimate of drug-likeness (QED) is 0.430. The van der Waals surface area contributed by atoms with Crippen LogP contribution in [0, 0.1) is 5.92 Å². The Kier molecular flexibility index (Phi) is 8.29. The number of amides is 1. The van der Waals surface area contributed by atoms with Crippen LogP contribution in [-0.4, -0.2) is 49.7 Å². The van der Waals surface area contributed by atoms with Crippen LogP contribution in [0.4, 0.5) is 10.8 Å². The number of thioether (sulfide) groups is 1. The molecule has 1 N–H and O–H groups in total. The molecule has 0 bridgehead atoms. The standard InChI is InChI=1S/C18H26N4O4S3/c1-6-15(16(23)19-17-20-21-18(28-17)27-11-12(2)3)22(29(5,24)25)13-8-7-9-14(10-13)26-4/h7-10,12,15H,6,11H2,1-5H3,(H,19,20,23). The fraction of sp³-hybridized carbons (Fsp3) is 0.500. The molecule has 0 spiro atoms. The Balaban J connectivity index is 2.24. The van der Waals surface area contributed by atoms with Gasteiger partial charge in [0.05, 0.1) is 19.1 Å². The Bertz CT molecular complexity index is 931. The largest absolute Gasteiger partial charge is 0.497 e. The zero-order chi connectivity index (χ0) is 21.6. The number of rotatable bonds is 10. The molecule has 0 saturated carbocycles. The van der Waals surface area contributed by atoms with Crippen molar-refractivity contribution < 1.29 is 17.9 Å².